The van der Waals surface area contributed by atoms with Gasteiger partial charge in [0, 0.05) is 5.56 Å². The fourth-order valence-electron chi connectivity index (χ4n) is 3.33. The Hall–Kier alpha value is -2.74. The Balaban J connectivity index is 2.44. The normalized spacial score (nSPS) is 11.3. The lowest BCUT2D eigenvalue weighted by atomic mass is 9.81. The average Bonchev–Trinajstić information content (AvgIpc) is 2.61. The summed E-state index contributed by atoms with van der Waals surface area (Å²) in [5.41, 5.74) is 6.17. The van der Waals surface area contributed by atoms with Gasteiger partial charge in [-0.3, -0.25) is 0 Å². The number of hydrogen-bond donors (Lipinski definition) is 2. The van der Waals surface area contributed by atoms with E-state index in [4.69, 9.17) is 0 Å². The summed E-state index contributed by atoms with van der Waals surface area (Å²) in [6.45, 7) is 8.36. The Morgan fingerprint density at radius 3 is 1.69 bits per heavy atom. The zero-order valence-corrected chi connectivity index (χ0v) is 15.7. The van der Waals surface area contributed by atoms with Crippen LogP contribution in [0, 0.1) is 11.8 Å². The van der Waals surface area contributed by atoms with Crippen molar-refractivity contribution >= 4 is 0 Å². The van der Waals surface area contributed by atoms with Gasteiger partial charge in [-0.05, 0) is 57.9 Å². The number of aromatic hydroxyl groups is 2. The van der Waals surface area contributed by atoms with Gasteiger partial charge in [0.25, 0.3) is 0 Å². The van der Waals surface area contributed by atoms with Crippen LogP contribution in [0.1, 0.15) is 38.8 Å². The molecule has 0 atom stereocenters. The molecule has 3 rings (SSSR count). The zero-order valence-electron chi connectivity index (χ0n) is 15.7. The van der Waals surface area contributed by atoms with Crippen molar-refractivity contribution in [2.45, 2.75) is 27.7 Å². The highest BCUT2D eigenvalue weighted by Crippen LogP contribution is 2.45. The molecule has 2 N–H and O–H groups in total. The second-order valence-corrected chi connectivity index (χ2v) is 6.97. The van der Waals surface area contributed by atoms with Crippen molar-refractivity contribution in [1.29, 1.82) is 0 Å². The molecule has 0 saturated carbocycles. The van der Waals surface area contributed by atoms with Crippen LogP contribution in [0.25, 0.3) is 22.3 Å². The molecule has 0 aliphatic carbocycles. The van der Waals surface area contributed by atoms with E-state index in [0.717, 1.165) is 33.4 Å². The SMILES string of the molecule is C[C](C)c1ccc([C](C)C)c(-c2ccccc2O)c1-c1ccc(O)cc1. The largest absolute Gasteiger partial charge is 0.508 e. The van der Waals surface area contributed by atoms with Crippen LogP contribution in [0.15, 0.2) is 60.7 Å². The van der Waals surface area contributed by atoms with E-state index in [1.165, 1.54) is 11.8 Å². The minimum Gasteiger partial charge on any atom is -0.508 e. The maximum Gasteiger partial charge on any atom is 0.123 e. The molecule has 0 fully saturated rings. The first kappa shape index (κ1) is 18.1. The molecule has 3 aromatic rings. The molecular formula is C24H24O2. The highest BCUT2D eigenvalue weighted by Gasteiger charge is 2.21. The van der Waals surface area contributed by atoms with E-state index in [0.29, 0.717) is 0 Å². The van der Waals surface area contributed by atoms with Gasteiger partial charge in [0.1, 0.15) is 11.5 Å². The minimum absolute atomic E-state index is 0.242. The molecule has 132 valence electrons. The van der Waals surface area contributed by atoms with Crippen LogP contribution >= 0.6 is 0 Å². The Kier molecular flexibility index (Phi) is 5.03. The lowest BCUT2D eigenvalue weighted by Crippen LogP contribution is -2.02. The van der Waals surface area contributed by atoms with Crippen molar-refractivity contribution in [2.24, 2.45) is 0 Å². The molecule has 2 heteroatoms. The molecule has 0 amide bonds. The van der Waals surface area contributed by atoms with Crippen molar-refractivity contribution in [3.63, 3.8) is 0 Å². The topological polar surface area (TPSA) is 40.5 Å². The molecule has 0 spiro atoms. The second-order valence-electron chi connectivity index (χ2n) is 6.97. The lowest BCUT2D eigenvalue weighted by molar-refractivity contribution is 0.475. The van der Waals surface area contributed by atoms with Gasteiger partial charge in [0.2, 0.25) is 0 Å². The van der Waals surface area contributed by atoms with Gasteiger partial charge in [-0.1, -0.05) is 70.2 Å². The van der Waals surface area contributed by atoms with E-state index < -0.39 is 0 Å². The summed E-state index contributed by atoms with van der Waals surface area (Å²) in [4.78, 5) is 0. The predicted molar refractivity (Wildman–Crippen MR) is 108 cm³/mol. The number of phenolic OH excluding ortho intramolecular Hbond substituents is 2. The lowest BCUT2D eigenvalue weighted by Gasteiger charge is -2.23. The van der Waals surface area contributed by atoms with E-state index in [9.17, 15) is 10.2 Å². The van der Waals surface area contributed by atoms with E-state index >= 15 is 0 Å². The summed E-state index contributed by atoms with van der Waals surface area (Å²) >= 11 is 0. The molecule has 0 aliphatic heterocycles. The van der Waals surface area contributed by atoms with Crippen molar-refractivity contribution < 1.29 is 10.2 Å². The van der Waals surface area contributed by atoms with Crippen LogP contribution in [0.3, 0.4) is 0 Å². The average molecular weight is 344 g/mol. The van der Waals surface area contributed by atoms with Crippen LogP contribution in [0.5, 0.6) is 11.5 Å². The van der Waals surface area contributed by atoms with Crippen LogP contribution in [0.2, 0.25) is 0 Å². The third-order valence-electron chi connectivity index (χ3n) is 4.61. The first-order valence-corrected chi connectivity index (χ1v) is 8.76. The first-order valence-electron chi connectivity index (χ1n) is 8.76. The van der Waals surface area contributed by atoms with Gasteiger partial charge < -0.3 is 10.2 Å². The molecular weight excluding hydrogens is 320 g/mol. The van der Waals surface area contributed by atoms with Gasteiger partial charge in [-0.15, -0.1) is 0 Å². The van der Waals surface area contributed by atoms with Gasteiger partial charge in [-0.25, -0.2) is 0 Å². The number of benzene rings is 3. The van der Waals surface area contributed by atoms with Crippen LogP contribution in [-0.4, -0.2) is 10.2 Å². The second kappa shape index (κ2) is 7.25. The zero-order chi connectivity index (χ0) is 18.8. The van der Waals surface area contributed by atoms with Crippen molar-refractivity contribution in [2.75, 3.05) is 0 Å². The number of rotatable bonds is 4. The van der Waals surface area contributed by atoms with Crippen molar-refractivity contribution in [3.05, 3.63) is 83.6 Å². The van der Waals surface area contributed by atoms with E-state index in [1.807, 2.05) is 30.3 Å². The molecule has 0 unspecified atom stereocenters. The van der Waals surface area contributed by atoms with E-state index in [2.05, 4.69) is 39.8 Å². The summed E-state index contributed by atoms with van der Waals surface area (Å²) in [6.07, 6.45) is 0. The standard InChI is InChI=1S/C24H24O2/c1-15(2)19-13-14-20(16(3)4)24(21-7-5-6-8-22(21)26)23(19)17-9-11-18(25)12-10-17/h5-14,25-26H,1-4H3. The molecule has 2 radical (unpaired) electrons. The van der Waals surface area contributed by atoms with Crippen molar-refractivity contribution in [3.8, 4) is 33.8 Å². The molecule has 0 aromatic heterocycles. The first-order chi connectivity index (χ1) is 12.4. The van der Waals surface area contributed by atoms with Gasteiger partial charge in [0.15, 0.2) is 0 Å². The maximum atomic E-state index is 10.6. The summed E-state index contributed by atoms with van der Waals surface area (Å²) in [5.74, 6) is 2.89. The van der Waals surface area contributed by atoms with Crippen LogP contribution in [-0.2, 0) is 0 Å². The predicted octanol–water partition coefficient (Wildman–Crippen LogP) is 6.36. The molecule has 0 bridgehead atoms. The minimum atomic E-state index is 0.242. The Bertz CT molecular complexity index is 906. The van der Waals surface area contributed by atoms with Gasteiger partial charge >= 0.3 is 0 Å². The number of phenols is 2. The molecule has 0 saturated heterocycles. The maximum absolute atomic E-state index is 10.6. The summed E-state index contributed by atoms with van der Waals surface area (Å²) in [5, 5.41) is 20.3. The third-order valence-corrected chi connectivity index (χ3v) is 4.61. The monoisotopic (exact) mass is 344 g/mol. The Labute approximate surface area is 155 Å². The molecule has 0 aliphatic rings. The fraction of sp³-hybridized carbons (Fsp3) is 0.167. The Morgan fingerprint density at radius 2 is 1.15 bits per heavy atom. The summed E-state index contributed by atoms with van der Waals surface area (Å²) in [6, 6.07) is 19.0. The highest BCUT2D eigenvalue weighted by molar-refractivity contribution is 5.92. The fourth-order valence-corrected chi connectivity index (χ4v) is 3.33. The highest BCUT2D eigenvalue weighted by atomic mass is 16.3. The number of hydrogen-bond acceptors (Lipinski definition) is 2. The molecule has 0 heterocycles. The van der Waals surface area contributed by atoms with E-state index in [1.54, 1.807) is 18.2 Å². The van der Waals surface area contributed by atoms with Crippen LogP contribution in [0.4, 0.5) is 0 Å². The van der Waals surface area contributed by atoms with E-state index in [-0.39, 0.29) is 11.5 Å². The molecule has 2 nitrogen and oxygen atoms in total. The molecule has 3 aromatic carbocycles. The van der Waals surface area contributed by atoms with Gasteiger partial charge in [-0.2, -0.15) is 0 Å². The Morgan fingerprint density at radius 1 is 0.615 bits per heavy atom. The third kappa shape index (κ3) is 3.32. The van der Waals surface area contributed by atoms with Gasteiger partial charge in [0.05, 0.1) is 0 Å². The smallest absolute Gasteiger partial charge is 0.123 e. The van der Waals surface area contributed by atoms with Crippen LogP contribution < -0.4 is 0 Å². The summed E-state index contributed by atoms with van der Waals surface area (Å²) in [7, 11) is 0. The van der Waals surface area contributed by atoms with Crippen molar-refractivity contribution in [1.82, 2.24) is 0 Å². The molecule has 26 heavy (non-hydrogen) atoms. The summed E-state index contributed by atoms with van der Waals surface area (Å²) < 4.78 is 0. The number of para-hydroxylation sites is 1. The quantitative estimate of drug-likeness (QED) is 0.578.